The monoisotopic (exact) mass is 351 g/mol. The van der Waals surface area contributed by atoms with E-state index in [2.05, 4.69) is 10.4 Å². The number of amides is 1. The number of halogens is 1. The van der Waals surface area contributed by atoms with Crippen LogP contribution in [0.5, 0.6) is 11.5 Å². The summed E-state index contributed by atoms with van der Waals surface area (Å²) in [6.07, 6.45) is 0. The van der Waals surface area contributed by atoms with E-state index in [1.807, 2.05) is 32.0 Å². The number of aryl methyl sites for hydroxylation is 2. The maximum absolute atomic E-state index is 12.5. The van der Waals surface area contributed by atoms with Gasteiger partial charge in [-0.15, -0.1) is 11.6 Å². The van der Waals surface area contributed by atoms with Crippen LogP contribution in [0, 0.1) is 13.8 Å². The highest BCUT2D eigenvalue weighted by atomic mass is 35.5. The Kier molecular flexibility index (Phi) is 6.09. The lowest BCUT2D eigenvalue weighted by Crippen LogP contribution is -2.24. The van der Waals surface area contributed by atoms with E-state index in [0.29, 0.717) is 41.7 Å². The number of rotatable bonds is 7. The van der Waals surface area contributed by atoms with Gasteiger partial charge in [-0.25, -0.2) is 0 Å². The lowest BCUT2D eigenvalue weighted by atomic mass is 10.1. The number of benzene rings is 1. The molecule has 0 aliphatic rings. The van der Waals surface area contributed by atoms with Gasteiger partial charge in [0.1, 0.15) is 0 Å². The highest BCUT2D eigenvalue weighted by Gasteiger charge is 2.18. The zero-order chi connectivity index (χ0) is 17.7. The zero-order valence-electron chi connectivity index (χ0n) is 14.4. The largest absolute Gasteiger partial charge is 0.493 e. The quantitative estimate of drug-likeness (QED) is 0.779. The van der Waals surface area contributed by atoms with E-state index in [1.165, 1.54) is 0 Å². The van der Waals surface area contributed by atoms with Crippen molar-refractivity contribution in [3.63, 3.8) is 0 Å². The van der Waals surface area contributed by atoms with Gasteiger partial charge in [0.15, 0.2) is 11.5 Å². The standard InChI is InChI=1S/C17H22ClN3O3/c1-11-16(12(2)21(20-11)8-7-18)17(22)19-10-13-5-6-14(23-3)15(9-13)24-4/h5-6,9H,7-8,10H2,1-4H3,(H,19,22). The number of carbonyl (C=O) groups excluding carboxylic acids is 1. The Hall–Kier alpha value is -2.21. The zero-order valence-corrected chi connectivity index (χ0v) is 15.1. The van der Waals surface area contributed by atoms with Crippen molar-refractivity contribution in [1.82, 2.24) is 15.1 Å². The Balaban J connectivity index is 2.11. The molecule has 2 aromatic rings. The van der Waals surface area contributed by atoms with E-state index in [9.17, 15) is 4.79 Å². The molecule has 0 saturated heterocycles. The fourth-order valence-corrected chi connectivity index (χ4v) is 2.74. The maximum atomic E-state index is 12.5. The second-order valence-electron chi connectivity index (χ2n) is 5.33. The average Bonchev–Trinajstić information content (AvgIpc) is 2.86. The van der Waals surface area contributed by atoms with Gasteiger partial charge in [0.25, 0.3) is 5.91 Å². The number of hydrogen-bond donors (Lipinski definition) is 1. The van der Waals surface area contributed by atoms with E-state index in [-0.39, 0.29) is 5.91 Å². The number of ether oxygens (including phenoxy) is 2. The lowest BCUT2D eigenvalue weighted by molar-refractivity contribution is 0.0949. The molecule has 0 fully saturated rings. The molecular weight excluding hydrogens is 330 g/mol. The minimum absolute atomic E-state index is 0.152. The lowest BCUT2D eigenvalue weighted by Gasteiger charge is -2.10. The van der Waals surface area contributed by atoms with Crippen LogP contribution in [0.2, 0.25) is 0 Å². The highest BCUT2D eigenvalue weighted by Crippen LogP contribution is 2.27. The Labute approximate surface area is 146 Å². The number of nitrogens with one attached hydrogen (secondary N) is 1. The molecule has 0 bridgehead atoms. The number of nitrogens with zero attached hydrogens (tertiary/aromatic N) is 2. The molecule has 0 unspecified atom stereocenters. The summed E-state index contributed by atoms with van der Waals surface area (Å²) in [6.45, 7) is 4.66. The predicted molar refractivity (Wildman–Crippen MR) is 93.1 cm³/mol. The number of hydrogen-bond acceptors (Lipinski definition) is 4. The van der Waals surface area contributed by atoms with E-state index in [4.69, 9.17) is 21.1 Å². The molecule has 0 aliphatic carbocycles. The molecule has 0 spiro atoms. The van der Waals surface area contributed by atoms with Gasteiger partial charge in [0.05, 0.1) is 32.0 Å². The molecule has 1 aromatic carbocycles. The second kappa shape index (κ2) is 8.06. The molecule has 24 heavy (non-hydrogen) atoms. The molecule has 1 aromatic heterocycles. The molecule has 0 saturated carbocycles. The minimum atomic E-state index is -0.152. The van der Waals surface area contributed by atoms with Crippen LogP contribution >= 0.6 is 11.6 Å². The molecule has 0 atom stereocenters. The van der Waals surface area contributed by atoms with Crippen LogP contribution in [0.15, 0.2) is 18.2 Å². The third-order valence-corrected chi connectivity index (χ3v) is 3.97. The van der Waals surface area contributed by atoms with Gasteiger partial charge in [0.2, 0.25) is 0 Å². The van der Waals surface area contributed by atoms with Crippen LogP contribution in [0.25, 0.3) is 0 Å². The Morgan fingerprint density at radius 2 is 1.96 bits per heavy atom. The molecule has 6 nitrogen and oxygen atoms in total. The summed E-state index contributed by atoms with van der Waals surface area (Å²) in [6, 6.07) is 5.54. The SMILES string of the molecule is COc1ccc(CNC(=O)c2c(C)nn(CCCl)c2C)cc1OC. The first-order valence-electron chi connectivity index (χ1n) is 7.60. The number of aromatic nitrogens is 2. The Bertz CT molecular complexity index is 728. The van der Waals surface area contributed by atoms with Crippen molar-refractivity contribution in [3.8, 4) is 11.5 Å². The van der Waals surface area contributed by atoms with Crippen molar-refractivity contribution < 1.29 is 14.3 Å². The fourth-order valence-electron chi connectivity index (χ4n) is 2.58. The van der Waals surface area contributed by atoms with Crippen LogP contribution in [0.4, 0.5) is 0 Å². The van der Waals surface area contributed by atoms with Gasteiger partial charge in [0, 0.05) is 18.1 Å². The maximum Gasteiger partial charge on any atom is 0.255 e. The summed E-state index contributed by atoms with van der Waals surface area (Å²) in [5.74, 6) is 1.59. The summed E-state index contributed by atoms with van der Waals surface area (Å²) < 4.78 is 12.2. The molecule has 1 amide bonds. The third-order valence-electron chi connectivity index (χ3n) is 3.81. The molecule has 130 valence electrons. The summed E-state index contributed by atoms with van der Waals surface area (Å²) in [5.41, 5.74) is 3.03. The first-order chi connectivity index (χ1) is 11.5. The molecule has 0 radical (unpaired) electrons. The molecule has 1 N–H and O–H groups in total. The summed E-state index contributed by atoms with van der Waals surface area (Å²) in [7, 11) is 3.17. The van der Waals surface area contributed by atoms with Crippen molar-refractivity contribution in [2.75, 3.05) is 20.1 Å². The van der Waals surface area contributed by atoms with Gasteiger partial charge in [-0.1, -0.05) is 6.07 Å². The van der Waals surface area contributed by atoms with E-state index < -0.39 is 0 Å². The molecule has 1 heterocycles. The summed E-state index contributed by atoms with van der Waals surface area (Å²) >= 11 is 5.76. The smallest absolute Gasteiger partial charge is 0.255 e. The van der Waals surface area contributed by atoms with Gasteiger partial charge in [-0.3, -0.25) is 9.48 Å². The van der Waals surface area contributed by atoms with Gasteiger partial charge in [-0.2, -0.15) is 5.10 Å². The fraction of sp³-hybridized carbons (Fsp3) is 0.412. The van der Waals surface area contributed by atoms with Crippen LogP contribution in [-0.4, -0.2) is 35.8 Å². The molecule has 7 heteroatoms. The van der Waals surface area contributed by atoms with Crippen LogP contribution in [-0.2, 0) is 13.1 Å². The normalized spacial score (nSPS) is 10.5. The van der Waals surface area contributed by atoms with Crippen molar-refractivity contribution in [3.05, 3.63) is 40.7 Å². The number of methoxy groups -OCH3 is 2. The van der Waals surface area contributed by atoms with Crippen molar-refractivity contribution in [2.24, 2.45) is 0 Å². The second-order valence-corrected chi connectivity index (χ2v) is 5.71. The number of carbonyl (C=O) groups is 1. The highest BCUT2D eigenvalue weighted by molar-refractivity contribution is 6.17. The molecule has 0 aliphatic heterocycles. The van der Waals surface area contributed by atoms with Crippen molar-refractivity contribution in [1.29, 1.82) is 0 Å². The molecular formula is C17H22ClN3O3. The van der Waals surface area contributed by atoms with Crippen molar-refractivity contribution >= 4 is 17.5 Å². The Morgan fingerprint density at radius 3 is 2.58 bits per heavy atom. The van der Waals surface area contributed by atoms with Crippen LogP contribution in [0.1, 0.15) is 27.3 Å². The predicted octanol–water partition coefficient (Wildman–Crippen LogP) is 2.69. The topological polar surface area (TPSA) is 65.4 Å². The first-order valence-corrected chi connectivity index (χ1v) is 8.14. The summed E-state index contributed by atoms with van der Waals surface area (Å²) in [5, 5.41) is 7.28. The minimum Gasteiger partial charge on any atom is -0.493 e. The third kappa shape index (κ3) is 3.82. The van der Waals surface area contributed by atoms with Gasteiger partial charge in [-0.05, 0) is 31.5 Å². The number of alkyl halides is 1. The van der Waals surface area contributed by atoms with Crippen molar-refractivity contribution in [2.45, 2.75) is 26.9 Å². The van der Waals surface area contributed by atoms with Crippen LogP contribution in [0.3, 0.4) is 0 Å². The molecule has 2 rings (SSSR count). The average molecular weight is 352 g/mol. The first kappa shape index (κ1) is 18.1. The Morgan fingerprint density at radius 1 is 1.25 bits per heavy atom. The van der Waals surface area contributed by atoms with Crippen LogP contribution < -0.4 is 14.8 Å². The van der Waals surface area contributed by atoms with E-state index in [0.717, 1.165) is 11.3 Å². The summed E-state index contributed by atoms with van der Waals surface area (Å²) in [4.78, 5) is 12.5. The van der Waals surface area contributed by atoms with Gasteiger partial charge < -0.3 is 14.8 Å². The van der Waals surface area contributed by atoms with E-state index in [1.54, 1.807) is 18.9 Å². The van der Waals surface area contributed by atoms with Gasteiger partial charge >= 0.3 is 0 Å². The van der Waals surface area contributed by atoms with E-state index >= 15 is 0 Å².